The minimum Gasteiger partial charge on any atom is -0.497 e. The molecule has 0 N–H and O–H groups in total. The van der Waals surface area contributed by atoms with E-state index in [4.69, 9.17) is 14.2 Å². The van der Waals surface area contributed by atoms with Crippen molar-refractivity contribution in [2.75, 3.05) is 27.8 Å². The minimum absolute atomic E-state index is 0.133. The van der Waals surface area contributed by atoms with Crippen LogP contribution in [0, 0.1) is 0 Å². The van der Waals surface area contributed by atoms with Gasteiger partial charge in [0, 0.05) is 11.6 Å². The summed E-state index contributed by atoms with van der Waals surface area (Å²) in [6.45, 7) is 8.32. The van der Waals surface area contributed by atoms with E-state index in [2.05, 4.69) is 55.9 Å². The van der Waals surface area contributed by atoms with Gasteiger partial charge in [0.25, 0.3) is 0 Å². The van der Waals surface area contributed by atoms with Crippen LogP contribution in [0.25, 0.3) is 0 Å². The van der Waals surface area contributed by atoms with Crippen molar-refractivity contribution in [3.8, 4) is 11.5 Å². The molecule has 5 rings (SSSR count). The molecule has 2 aliphatic carbocycles. The second-order valence-electron chi connectivity index (χ2n) is 9.38. The van der Waals surface area contributed by atoms with Crippen LogP contribution in [0.15, 0.2) is 35.6 Å². The van der Waals surface area contributed by atoms with Crippen LogP contribution in [-0.4, -0.2) is 52.1 Å². The molecule has 1 saturated heterocycles. The molecule has 0 unspecified atom stereocenters. The van der Waals surface area contributed by atoms with Crippen LogP contribution < -0.4 is 9.47 Å². The van der Waals surface area contributed by atoms with Gasteiger partial charge in [0.2, 0.25) is 0 Å². The lowest BCUT2D eigenvalue weighted by Gasteiger charge is -2.60. The van der Waals surface area contributed by atoms with Crippen molar-refractivity contribution in [2.45, 2.75) is 49.2 Å². The number of likely N-dealkylation sites (N-methyl/N-ethyl adjacent to an activating group) is 1. The first kappa shape index (κ1) is 17.4. The Hall–Kier alpha value is -1.72. The summed E-state index contributed by atoms with van der Waals surface area (Å²) >= 11 is 0. The largest absolute Gasteiger partial charge is 0.497 e. The average Bonchev–Trinajstić information content (AvgIpc) is 2.96. The highest BCUT2D eigenvalue weighted by Gasteiger charge is 2.74. The molecule has 1 aromatic rings. The summed E-state index contributed by atoms with van der Waals surface area (Å²) in [7, 11) is 3.90. The van der Waals surface area contributed by atoms with Crippen molar-refractivity contribution in [2.24, 2.45) is 0 Å². The van der Waals surface area contributed by atoms with Crippen molar-refractivity contribution in [1.82, 2.24) is 4.90 Å². The van der Waals surface area contributed by atoms with E-state index in [9.17, 15) is 0 Å². The highest BCUT2D eigenvalue weighted by Crippen LogP contribution is 2.68. The number of piperidine rings is 1. The zero-order chi connectivity index (χ0) is 19.2. The van der Waals surface area contributed by atoms with E-state index in [1.165, 1.54) is 16.7 Å². The third-order valence-corrected chi connectivity index (χ3v) is 10.3. The molecule has 144 valence electrons. The molecule has 0 saturated carbocycles. The number of hydrogen-bond donors (Lipinski definition) is 0. The van der Waals surface area contributed by atoms with Gasteiger partial charge in [-0.05, 0) is 49.7 Å². The van der Waals surface area contributed by atoms with Gasteiger partial charge in [-0.1, -0.05) is 31.8 Å². The normalized spacial score (nSPS) is 33.6. The molecular formula is C22H29NO3Si. The fraction of sp³-hybridized carbons (Fsp3) is 0.545. The summed E-state index contributed by atoms with van der Waals surface area (Å²) in [5, 5.41) is -0.426. The van der Waals surface area contributed by atoms with Gasteiger partial charge in [0.15, 0.2) is 16.7 Å². The number of rotatable bonds is 3. The van der Waals surface area contributed by atoms with Gasteiger partial charge in [-0.25, -0.2) is 0 Å². The van der Waals surface area contributed by atoms with Crippen LogP contribution in [-0.2, 0) is 16.6 Å². The van der Waals surface area contributed by atoms with E-state index in [-0.39, 0.29) is 5.41 Å². The van der Waals surface area contributed by atoms with Gasteiger partial charge in [-0.2, -0.15) is 0 Å². The predicted octanol–water partition coefficient (Wildman–Crippen LogP) is 3.67. The second-order valence-corrected chi connectivity index (χ2v) is 14.6. The lowest BCUT2D eigenvalue weighted by atomic mass is 9.57. The molecule has 2 heterocycles. The molecule has 27 heavy (non-hydrogen) atoms. The van der Waals surface area contributed by atoms with Gasteiger partial charge in [-0.15, -0.1) is 0 Å². The monoisotopic (exact) mass is 383 g/mol. The zero-order valence-electron chi connectivity index (χ0n) is 17.2. The summed E-state index contributed by atoms with van der Waals surface area (Å²) in [5.74, 6) is 2.79. The molecule has 5 heteroatoms. The Morgan fingerprint density at radius 1 is 1.15 bits per heavy atom. The summed E-state index contributed by atoms with van der Waals surface area (Å²) in [6, 6.07) is 4.77. The minimum atomic E-state index is -1.90. The van der Waals surface area contributed by atoms with Crippen molar-refractivity contribution >= 4 is 8.07 Å². The van der Waals surface area contributed by atoms with Crippen LogP contribution >= 0.6 is 0 Å². The first-order valence-corrected chi connectivity index (χ1v) is 13.4. The first-order valence-electron chi connectivity index (χ1n) is 9.88. The predicted molar refractivity (Wildman–Crippen MR) is 109 cm³/mol. The van der Waals surface area contributed by atoms with Gasteiger partial charge >= 0.3 is 0 Å². The zero-order valence-corrected chi connectivity index (χ0v) is 18.2. The van der Waals surface area contributed by atoms with E-state index >= 15 is 0 Å². The van der Waals surface area contributed by atoms with Crippen molar-refractivity contribution in [1.29, 1.82) is 0 Å². The molecule has 4 nitrogen and oxygen atoms in total. The van der Waals surface area contributed by atoms with Gasteiger partial charge in [-0.3, -0.25) is 4.90 Å². The average molecular weight is 384 g/mol. The lowest BCUT2D eigenvalue weighted by Crippen LogP contribution is -2.72. The Labute approximate surface area is 162 Å². The summed E-state index contributed by atoms with van der Waals surface area (Å²) in [5.41, 5.74) is 4.17. The molecule has 2 bridgehead atoms. The van der Waals surface area contributed by atoms with Gasteiger partial charge < -0.3 is 14.2 Å². The molecule has 4 aliphatic rings. The lowest BCUT2D eigenvalue weighted by molar-refractivity contribution is 0.0370. The first-order chi connectivity index (χ1) is 12.8. The molecule has 1 spiro atoms. The standard InChI is InChI=1S/C22H29NO3Si/c1-23-12-11-21-15-8-10-18(25-3)22(21,27(4,5)6)26-20-17(24-2)9-7-14(19(20)21)13-16(15)23/h7-10,16H,11-13H2,1-6H3/t16-,21+,22-/m1/s1. The molecule has 1 fully saturated rings. The maximum absolute atomic E-state index is 7.08. The van der Waals surface area contributed by atoms with E-state index < -0.39 is 13.3 Å². The van der Waals surface area contributed by atoms with Crippen LogP contribution in [0.4, 0.5) is 0 Å². The second kappa shape index (κ2) is 5.20. The van der Waals surface area contributed by atoms with Crippen molar-refractivity contribution < 1.29 is 14.2 Å². The maximum Gasteiger partial charge on any atom is 0.166 e. The smallest absolute Gasteiger partial charge is 0.166 e. The topological polar surface area (TPSA) is 30.9 Å². The molecule has 2 aliphatic heterocycles. The molecule has 0 amide bonds. The quantitative estimate of drug-likeness (QED) is 0.745. The molecule has 0 radical (unpaired) electrons. The summed E-state index contributed by atoms with van der Waals surface area (Å²) < 4.78 is 18.9. The SMILES string of the molecule is COC1=CC=C2[C@H]3Cc4ccc(OC)c5c4[C@@]2(CCN3C)[C@@]1([Si](C)(C)C)O5. The summed E-state index contributed by atoms with van der Waals surface area (Å²) in [4.78, 5) is 2.52. The van der Waals surface area contributed by atoms with Gasteiger partial charge in [0.1, 0.15) is 13.8 Å². The van der Waals surface area contributed by atoms with E-state index in [1.807, 2.05) is 0 Å². The number of allylic oxidation sites excluding steroid dienone is 2. The molecule has 1 aromatic carbocycles. The summed E-state index contributed by atoms with van der Waals surface area (Å²) in [6.07, 6.45) is 6.61. The van der Waals surface area contributed by atoms with Crippen LogP contribution in [0.1, 0.15) is 17.5 Å². The van der Waals surface area contributed by atoms with E-state index in [1.54, 1.807) is 14.2 Å². The number of likely N-dealkylation sites (tertiary alicyclic amines) is 1. The fourth-order valence-corrected chi connectivity index (χ4v) is 9.39. The Kier molecular flexibility index (Phi) is 3.35. The van der Waals surface area contributed by atoms with Gasteiger partial charge in [0.05, 0.1) is 19.6 Å². The van der Waals surface area contributed by atoms with Crippen LogP contribution in [0.2, 0.25) is 19.6 Å². The number of benzene rings is 1. The Bertz CT molecular complexity index is 900. The van der Waals surface area contributed by atoms with Crippen molar-refractivity contribution in [3.05, 3.63) is 46.7 Å². The number of methoxy groups -OCH3 is 2. The van der Waals surface area contributed by atoms with E-state index in [0.717, 1.165) is 36.6 Å². The Morgan fingerprint density at radius 3 is 2.59 bits per heavy atom. The van der Waals surface area contributed by atoms with Crippen molar-refractivity contribution in [3.63, 3.8) is 0 Å². The molecular weight excluding hydrogens is 354 g/mol. The van der Waals surface area contributed by atoms with Crippen LogP contribution in [0.3, 0.4) is 0 Å². The van der Waals surface area contributed by atoms with Crippen LogP contribution in [0.5, 0.6) is 11.5 Å². The third-order valence-electron chi connectivity index (χ3n) is 7.38. The highest BCUT2D eigenvalue weighted by molar-refractivity contribution is 6.80. The number of nitrogens with zero attached hydrogens (tertiary/aromatic N) is 1. The highest BCUT2D eigenvalue weighted by atomic mass is 28.3. The molecule has 0 aromatic heterocycles. The van der Waals surface area contributed by atoms with E-state index in [0.29, 0.717) is 6.04 Å². The number of ether oxygens (including phenoxy) is 3. The molecule has 3 atom stereocenters. The third kappa shape index (κ3) is 1.74. The Balaban J connectivity index is 1.93. The Morgan fingerprint density at radius 2 is 1.93 bits per heavy atom. The fourth-order valence-electron chi connectivity index (χ4n) is 6.38. The number of hydrogen-bond acceptors (Lipinski definition) is 4. The maximum atomic E-state index is 7.08.